The van der Waals surface area contributed by atoms with Gasteiger partial charge in [-0.3, -0.25) is 4.79 Å². The van der Waals surface area contributed by atoms with Crippen LogP contribution in [0.15, 0.2) is 0 Å². The molecule has 1 amide bonds. The van der Waals surface area contributed by atoms with Gasteiger partial charge < -0.3 is 15.1 Å². The Morgan fingerprint density at radius 3 is 2.26 bits per heavy atom. The first kappa shape index (κ1) is 21.3. The molecular formula is C13H29Cl2N3O. The number of carbonyl (C=O) groups is 1. The van der Waals surface area contributed by atoms with E-state index in [1.54, 1.807) is 0 Å². The lowest BCUT2D eigenvalue weighted by molar-refractivity contribution is -0.135. The van der Waals surface area contributed by atoms with Crippen molar-refractivity contribution in [3.05, 3.63) is 0 Å². The maximum Gasteiger partial charge on any atom is 0.225 e. The van der Waals surface area contributed by atoms with E-state index in [-0.39, 0.29) is 30.7 Å². The van der Waals surface area contributed by atoms with Gasteiger partial charge in [0, 0.05) is 32.1 Å². The highest BCUT2D eigenvalue weighted by Crippen LogP contribution is 2.20. The highest BCUT2D eigenvalue weighted by molar-refractivity contribution is 5.85. The van der Waals surface area contributed by atoms with Gasteiger partial charge in [-0.25, -0.2) is 0 Å². The number of piperidine rings is 1. The summed E-state index contributed by atoms with van der Waals surface area (Å²) in [5, 5.41) is 3.08. The molecule has 4 nitrogen and oxygen atoms in total. The van der Waals surface area contributed by atoms with Crippen LogP contribution in [0.4, 0.5) is 0 Å². The summed E-state index contributed by atoms with van der Waals surface area (Å²) in [6.07, 6.45) is 2.03. The summed E-state index contributed by atoms with van der Waals surface area (Å²) < 4.78 is 0. The van der Waals surface area contributed by atoms with Crippen molar-refractivity contribution in [3.8, 4) is 0 Å². The number of hydrogen-bond acceptors (Lipinski definition) is 3. The van der Waals surface area contributed by atoms with E-state index in [2.05, 4.69) is 24.1 Å². The molecule has 0 aromatic rings. The highest BCUT2D eigenvalue weighted by Gasteiger charge is 2.27. The number of nitrogens with zero attached hydrogens (tertiary/aromatic N) is 2. The predicted octanol–water partition coefficient (Wildman–Crippen LogP) is 1.63. The zero-order valence-electron chi connectivity index (χ0n) is 12.5. The van der Waals surface area contributed by atoms with Crippen LogP contribution in [0.25, 0.3) is 0 Å². The van der Waals surface area contributed by atoms with E-state index < -0.39 is 0 Å². The van der Waals surface area contributed by atoms with Gasteiger partial charge in [0.05, 0.1) is 0 Å². The Hall–Kier alpha value is -0.0300. The third-order valence-corrected chi connectivity index (χ3v) is 3.68. The number of likely N-dealkylation sites (tertiary alicyclic amines) is 1. The summed E-state index contributed by atoms with van der Waals surface area (Å²) >= 11 is 0. The second kappa shape index (κ2) is 10.7. The van der Waals surface area contributed by atoms with E-state index in [9.17, 15) is 4.79 Å². The van der Waals surface area contributed by atoms with Crippen molar-refractivity contribution in [2.75, 3.05) is 40.3 Å². The lowest BCUT2D eigenvalue weighted by Crippen LogP contribution is -2.44. The third kappa shape index (κ3) is 6.80. The number of halogens is 2. The molecule has 0 atom stereocenters. The molecule has 116 valence electrons. The molecule has 1 N–H and O–H groups in total. The Bertz CT molecular complexity index is 244. The normalized spacial score (nSPS) is 16.7. The maximum atomic E-state index is 12.2. The molecule has 1 heterocycles. The van der Waals surface area contributed by atoms with Crippen LogP contribution in [0.3, 0.4) is 0 Å². The van der Waals surface area contributed by atoms with Crippen LogP contribution in [0, 0.1) is 5.92 Å². The molecule has 0 spiro atoms. The number of rotatable bonds is 5. The molecule has 0 radical (unpaired) electrons. The predicted molar refractivity (Wildman–Crippen MR) is 85.5 cm³/mol. The first-order chi connectivity index (χ1) is 8.06. The molecule has 0 aromatic heterocycles. The minimum atomic E-state index is 0. The fraction of sp³-hybridized carbons (Fsp3) is 0.923. The Labute approximate surface area is 130 Å². The van der Waals surface area contributed by atoms with E-state index in [1.165, 1.54) is 0 Å². The summed E-state index contributed by atoms with van der Waals surface area (Å²) in [4.78, 5) is 16.5. The topological polar surface area (TPSA) is 35.6 Å². The van der Waals surface area contributed by atoms with Crippen molar-refractivity contribution in [2.24, 2.45) is 5.92 Å². The van der Waals surface area contributed by atoms with Gasteiger partial charge in [-0.1, -0.05) is 0 Å². The Morgan fingerprint density at radius 2 is 1.84 bits per heavy atom. The first-order valence-electron chi connectivity index (χ1n) is 6.70. The zero-order chi connectivity index (χ0) is 12.8. The van der Waals surface area contributed by atoms with Crippen LogP contribution in [0.5, 0.6) is 0 Å². The molecule has 19 heavy (non-hydrogen) atoms. The minimum absolute atomic E-state index is 0. The quantitative estimate of drug-likeness (QED) is 0.838. The summed E-state index contributed by atoms with van der Waals surface area (Å²) in [5.41, 5.74) is 0. The smallest absolute Gasteiger partial charge is 0.225 e. The second-order valence-electron chi connectivity index (χ2n) is 5.27. The van der Waals surface area contributed by atoms with Gasteiger partial charge in [0.15, 0.2) is 0 Å². The van der Waals surface area contributed by atoms with E-state index >= 15 is 0 Å². The average molecular weight is 314 g/mol. The van der Waals surface area contributed by atoms with Crippen LogP contribution >= 0.6 is 24.8 Å². The third-order valence-electron chi connectivity index (χ3n) is 3.68. The highest BCUT2D eigenvalue weighted by atomic mass is 35.5. The standard InChI is InChI=1S/C13H27N3O.2ClH/c1-11(2)16-8-5-12(6-9-16)13(17)15(4)10-7-14-3;;/h11-12,14H,5-10H2,1-4H3;2*1H. The second-order valence-corrected chi connectivity index (χ2v) is 5.27. The number of carbonyl (C=O) groups excluding carboxylic acids is 1. The van der Waals surface area contributed by atoms with Crippen LogP contribution in [-0.4, -0.2) is 62.0 Å². The van der Waals surface area contributed by atoms with Crippen molar-refractivity contribution < 1.29 is 4.79 Å². The molecule has 1 saturated heterocycles. The molecule has 0 aliphatic carbocycles. The molecule has 1 aliphatic heterocycles. The molecule has 6 heteroatoms. The Kier molecular flexibility index (Phi) is 12.0. The summed E-state index contributed by atoms with van der Waals surface area (Å²) in [6.45, 7) is 8.25. The molecule has 1 rings (SSSR count). The van der Waals surface area contributed by atoms with Crippen LogP contribution < -0.4 is 5.32 Å². The molecule has 0 aromatic carbocycles. The van der Waals surface area contributed by atoms with Crippen molar-refractivity contribution in [1.82, 2.24) is 15.1 Å². The summed E-state index contributed by atoms with van der Waals surface area (Å²) in [7, 11) is 3.83. The molecular weight excluding hydrogens is 285 g/mol. The first-order valence-corrected chi connectivity index (χ1v) is 6.70. The van der Waals surface area contributed by atoms with Crippen molar-refractivity contribution in [2.45, 2.75) is 32.7 Å². The van der Waals surface area contributed by atoms with Crippen molar-refractivity contribution >= 4 is 30.7 Å². The number of amides is 1. The number of likely N-dealkylation sites (N-methyl/N-ethyl adjacent to an activating group) is 2. The van der Waals surface area contributed by atoms with E-state index in [0.717, 1.165) is 39.0 Å². The van der Waals surface area contributed by atoms with Gasteiger partial charge in [-0.2, -0.15) is 0 Å². The maximum absolute atomic E-state index is 12.2. The van der Waals surface area contributed by atoms with E-state index in [4.69, 9.17) is 0 Å². The molecule has 1 aliphatic rings. The molecule has 1 fully saturated rings. The van der Waals surface area contributed by atoms with Gasteiger partial charge in [0.1, 0.15) is 0 Å². The summed E-state index contributed by atoms with van der Waals surface area (Å²) in [6, 6.07) is 0.605. The lowest BCUT2D eigenvalue weighted by atomic mass is 9.94. The number of nitrogens with one attached hydrogen (secondary N) is 1. The molecule has 0 saturated carbocycles. The fourth-order valence-corrected chi connectivity index (χ4v) is 2.36. The number of hydrogen-bond donors (Lipinski definition) is 1. The Morgan fingerprint density at radius 1 is 1.32 bits per heavy atom. The van der Waals surface area contributed by atoms with Gasteiger partial charge in [-0.15, -0.1) is 24.8 Å². The van der Waals surface area contributed by atoms with E-state index in [0.29, 0.717) is 11.9 Å². The average Bonchev–Trinajstić information content (AvgIpc) is 2.35. The zero-order valence-corrected chi connectivity index (χ0v) is 14.1. The molecule has 0 unspecified atom stereocenters. The Balaban J connectivity index is 0. The van der Waals surface area contributed by atoms with Gasteiger partial charge in [0.25, 0.3) is 0 Å². The van der Waals surface area contributed by atoms with Crippen LogP contribution in [0.1, 0.15) is 26.7 Å². The van der Waals surface area contributed by atoms with E-state index in [1.807, 2.05) is 19.0 Å². The minimum Gasteiger partial charge on any atom is -0.344 e. The monoisotopic (exact) mass is 313 g/mol. The van der Waals surface area contributed by atoms with Crippen LogP contribution in [0.2, 0.25) is 0 Å². The van der Waals surface area contributed by atoms with Crippen LogP contribution in [-0.2, 0) is 4.79 Å². The van der Waals surface area contributed by atoms with Crippen molar-refractivity contribution in [3.63, 3.8) is 0 Å². The van der Waals surface area contributed by atoms with Gasteiger partial charge in [-0.05, 0) is 46.8 Å². The lowest BCUT2D eigenvalue weighted by Gasteiger charge is -2.35. The summed E-state index contributed by atoms with van der Waals surface area (Å²) in [5.74, 6) is 0.565. The van der Waals surface area contributed by atoms with Crippen molar-refractivity contribution in [1.29, 1.82) is 0 Å². The SMILES string of the molecule is CNCCN(C)C(=O)C1CCN(C(C)C)CC1.Cl.Cl. The van der Waals surface area contributed by atoms with Gasteiger partial charge in [0.2, 0.25) is 5.91 Å². The fourth-order valence-electron chi connectivity index (χ4n) is 2.36. The van der Waals surface area contributed by atoms with Gasteiger partial charge >= 0.3 is 0 Å². The largest absolute Gasteiger partial charge is 0.344 e. The molecule has 0 bridgehead atoms.